The van der Waals surface area contributed by atoms with E-state index in [0.717, 1.165) is 34.8 Å². The second-order valence-corrected chi connectivity index (χ2v) is 7.88. The first kappa shape index (κ1) is 16.3. The van der Waals surface area contributed by atoms with Crippen LogP contribution >= 0.6 is 45.2 Å². The number of carboxylic acid groups (broad SMARTS) is 1. The average molecular weight is 500 g/mol. The molecular weight excluding hydrogens is 482 g/mol. The van der Waals surface area contributed by atoms with Gasteiger partial charge in [-0.1, -0.05) is 47.9 Å². The molecule has 2 unspecified atom stereocenters. The van der Waals surface area contributed by atoms with E-state index in [1.54, 1.807) is 6.07 Å². The van der Waals surface area contributed by atoms with Gasteiger partial charge in [-0.25, -0.2) is 0 Å². The summed E-state index contributed by atoms with van der Waals surface area (Å²) in [6.45, 7) is 0. The predicted molar refractivity (Wildman–Crippen MR) is 95.3 cm³/mol. The second kappa shape index (κ2) is 7.29. The first-order chi connectivity index (χ1) is 9.50. The highest BCUT2D eigenvalue weighted by Crippen LogP contribution is 2.42. The van der Waals surface area contributed by atoms with Gasteiger partial charge in [0.15, 0.2) is 0 Å². The molecule has 0 radical (unpaired) electrons. The van der Waals surface area contributed by atoms with Crippen molar-refractivity contribution in [2.24, 2.45) is 11.8 Å². The van der Waals surface area contributed by atoms with Crippen molar-refractivity contribution in [1.29, 1.82) is 0 Å². The number of phenols is 1. The molecule has 1 fully saturated rings. The fraction of sp³-hybridized carbons (Fsp3) is 0.533. The minimum atomic E-state index is -0.695. The van der Waals surface area contributed by atoms with Gasteiger partial charge in [-0.2, -0.15) is 0 Å². The summed E-state index contributed by atoms with van der Waals surface area (Å²) >= 11 is 4.33. The summed E-state index contributed by atoms with van der Waals surface area (Å²) in [5.74, 6) is -0.507. The van der Waals surface area contributed by atoms with Crippen LogP contribution in [-0.2, 0) is 4.79 Å². The number of aromatic hydroxyl groups is 1. The maximum atomic E-state index is 11.7. The molecule has 0 aromatic heterocycles. The highest BCUT2D eigenvalue weighted by Gasteiger charge is 2.35. The smallest absolute Gasteiger partial charge is 0.308 e. The van der Waals surface area contributed by atoms with Crippen molar-refractivity contribution < 1.29 is 15.0 Å². The third-order valence-corrected chi connectivity index (χ3v) is 6.41. The van der Waals surface area contributed by atoms with Crippen LogP contribution in [0.2, 0.25) is 0 Å². The van der Waals surface area contributed by atoms with Gasteiger partial charge >= 0.3 is 5.97 Å². The molecule has 0 amide bonds. The highest BCUT2D eigenvalue weighted by molar-refractivity contribution is 14.1. The normalized spacial score (nSPS) is 19.5. The Kier molecular flexibility index (Phi) is 5.95. The Morgan fingerprint density at radius 3 is 2.45 bits per heavy atom. The van der Waals surface area contributed by atoms with Gasteiger partial charge in [-0.05, 0) is 59.0 Å². The molecule has 110 valence electrons. The number of carbonyl (C=O) groups is 1. The van der Waals surface area contributed by atoms with Crippen LogP contribution in [0.1, 0.15) is 41.6 Å². The number of carboxylic acids is 1. The fourth-order valence-electron chi connectivity index (χ4n) is 2.96. The predicted octanol–water partition coefficient (Wildman–Crippen LogP) is 4.75. The summed E-state index contributed by atoms with van der Waals surface area (Å²) < 4.78 is 0.719. The topological polar surface area (TPSA) is 57.5 Å². The van der Waals surface area contributed by atoms with E-state index in [9.17, 15) is 15.0 Å². The molecule has 1 aromatic rings. The van der Waals surface area contributed by atoms with Crippen LogP contribution in [-0.4, -0.2) is 16.2 Å². The SMILES string of the molecule is O=C(O)C(C1CCCCC1)C(I)c1ccc(O)c(I)c1. The Morgan fingerprint density at radius 1 is 1.25 bits per heavy atom. The zero-order chi connectivity index (χ0) is 14.7. The van der Waals surface area contributed by atoms with Crippen LogP contribution in [0, 0.1) is 15.4 Å². The lowest BCUT2D eigenvalue weighted by molar-refractivity contribution is -0.144. The lowest BCUT2D eigenvalue weighted by Crippen LogP contribution is -2.29. The van der Waals surface area contributed by atoms with E-state index in [-0.39, 0.29) is 21.5 Å². The van der Waals surface area contributed by atoms with Crippen molar-refractivity contribution in [1.82, 2.24) is 0 Å². The van der Waals surface area contributed by atoms with Crippen LogP contribution in [0.25, 0.3) is 0 Å². The highest BCUT2D eigenvalue weighted by atomic mass is 127. The Morgan fingerprint density at radius 2 is 1.90 bits per heavy atom. The number of phenolic OH excluding ortho intramolecular Hbond substituents is 1. The number of benzene rings is 1. The van der Waals surface area contributed by atoms with Crippen molar-refractivity contribution in [2.75, 3.05) is 0 Å². The van der Waals surface area contributed by atoms with E-state index >= 15 is 0 Å². The summed E-state index contributed by atoms with van der Waals surface area (Å²) in [7, 11) is 0. The first-order valence-electron chi connectivity index (χ1n) is 6.86. The average Bonchev–Trinajstić information content (AvgIpc) is 2.42. The number of rotatable bonds is 4. The van der Waals surface area contributed by atoms with Gasteiger partial charge in [0, 0.05) is 3.92 Å². The molecule has 0 heterocycles. The fourth-order valence-corrected chi connectivity index (χ4v) is 4.78. The lowest BCUT2D eigenvalue weighted by Gasteiger charge is -2.30. The van der Waals surface area contributed by atoms with Gasteiger partial charge in [0.05, 0.1) is 9.49 Å². The zero-order valence-corrected chi connectivity index (χ0v) is 15.4. The Bertz CT molecular complexity index is 484. The second-order valence-electron chi connectivity index (χ2n) is 5.37. The molecule has 1 aromatic carbocycles. The van der Waals surface area contributed by atoms with Crippen molar-refractivity contribution in [3.63, 3.8) is 0 Å². The van der Waals surface area contributed by atoms with Gasteiger partial charge in [0.1, 0.15) is 5.75 Å². The number of halogens is 2. The number of alkyl halides is 1. The van der Waals surface area contributed by atoms with Gasteiger partial charge in [0.2, 0.25) is 0 Å². The van der Waals surface area contributed by atoms with Crippen molar-refractivity contribution in [3.05, 3.63) is 27.3 Å². The molecule has 0 aliphatic heterocycles. The minimum absolute atomic E-state index is 0.0534. The molecule has 1 saturated carbocycles. The molecule has 0 bridgehead atoms. The first-order valence-corrected chi connectivity index (χ1v) is 9.18. The number of hydrogen-bond donors (Lipinski definition) is 2. The van der Waals surface area contributed by atoms with Gasteiger partial charge in [-0.15, -0.1) is 0 Å². The maximum absolute atomic E-state index is 11.7. The largest absolute Gasteiger partial charge is 0.507 e. The van der Waals surface area contributed by atoms with Crippen molar-refractivity contribution >= 4 is 51.2 Å². The van der Waals surface area contributed by atoms with Gasteiger partial charge in [-0.3, -0.25) is 4.79 Å². The third-order valence-electron chi connectivity index (χ3n) is 4.05. The van der Waals surface area contributed by atoms with Crippen LogP contribution in [0.5, 0.6) is 5.75 Å². The summed E-state index contributed by atoms with van der Waals surface area (Å²) in [4.78, 5) is 11.7. The van der Waals surface area contributed by atoms with E-state index in [2.05, 4.69) is 45.2 Å². The molecule has 2 N–H and O–H groups in total. The third kappa shape index (κ3) is 3.78. The Hall–Kier alpha value is -0.0500. The van der Waals surface area contributed by atoms with E-state index in [1.807, 2.05) is 12.1 Å². The Labute approximate surface area is 146 Å². The minimum Gasteiger partial charge on any atom is -0.507 e. The number of hydrogen-bond acceptors (Lipinski definition) is 2. The van der Waals surface area contributed by atoms with Crippen LogP contribution in [0.4, 0.5) is 0 Å². The molecule has 5 heteroatoms. The summed E-state index contributed by atoms with van der Waals surface area (Å²) in [5.41, 5.74) is 0.991. The van der Waals surface area contributed by atoms with E-state index < -0.39 is 5.97 Å². The quantitative estimate of drug-likeness (QED) is 0.464. The zero-order valence-electron chi connectivity index (χ0n) is 11.1. The number of aliphatic carboxylic acids is 1. The molecule has 0 saturated heterocycles. The standard InChI is InChI=1S/C15H18I2O3/c16-11-8-10(6-7-12(11)18)14(17)13(15(19)20)9-4-2-1-3-5-9/h6-9,13-14,18H,1-5H2,(H,19,20). The molecule has 3 nitrogen and oxygen atoms in total. The van der Waals surface area contributed by atoms with Crippen LogP contribution in [0.3, 0.4) is 0 Å². The van der Waals surface area contributed by atoms with Crippen molar-refractivity contribution in [3.8, 4) is 5.75 Å². The van der Waals surface area contributed by atoms with Crippen LogP contribution in [0.15, 0.2) is 18.2 Å². The monoisotopic (exact) mass is 500 g/mol. The van der Waals surface area contributed by atoms with E-state index in [4.69, 9.17) is 0 Å². The lowest BCUT2D eigenvalue weighted by atomic mass is 9.77. The summed E-state index contributed by atoms with van der Waals surface area (Å²) in [6.07, 6.45) is 5.55. The van der Waals surface area contributed by atoms with Crippen molar-refractivity contribution in [2.45, 2.75) is 36.0 Å². The molecule has 0 spiro atoms. The molecular formula is C15H18I2O3. The summed E-state index contributed by atoms with van der Waals surface area (Å²) in [6, 6.07) is 5.39. The van der Waals surface area contributed by atoms with E-state index in [0.29, 0.717) is 0 Å². The van der Waals surface area contributed by atoms with E-state index in [1.165, 1.54) is 6.42 Å². The molecule has 2 atom stereocenters. The van der Waals surface area contributed by atoms with Gasteiger partial charge < -0.3 is 10.2 Å². The molecule has 1 aliphatic rings. The molecule has 20 heavy (non-hydrogen) atoms. The van der Waals surface area contributed by atoms with Crippen LogP contribution < -0.4 is 0 Å². The van der Waals surface area contributed by atoms with Gasteiger partial charge in [0.25, 0.3) is 0 Å². The molecule has 1 aliphatic carbocycles. The maximum Gasteiger partial charge on any atom is 0.308 e. The molecule has 2 rings (SSSR count). The summed E-state index contributed by atoms with van der Waals surface area (Å²) in [5, 5.41) is 19.2. The Balaban J connectivity index is 2.23.